The van der Waals surface area contributed by atoms with Gasteiger partial charge < -0.3 is 4.74 Å². The Morgan fingerprint density at radius 1 is 1.67 bits per heavy atom. The van der Waals surface area contributed by atoms with Crippen molar-refractivity contribution in [3.63, 3.8) is 0 Å². The molecule has 1 nitrogen and oxygen atoms in total. The van der Waals surface area contributed by atoms with Gasteiger partial charge in [0.05, 0.1) is 22.4 Å². The summed E-state index contributed by atoms with van der Waals surface area (Å²) in [6.45, 7) is 5.00. The molecule has 1 fully saturated rings. The van der Waals surface area contributed by atoms with E-state index in [0.717, 1.165) is 19.4 Å². The molecule has 0 bridgehead atoms. The lowest BCUT2D eigenvalue weighted by molar-refractivity contribution is 0.00256. The third-order valence-corrected chi connectivity index (χ3v) is 4.32. The molecule has 0 aromatic heterocycles. The lowest BCUT2D eigenvalue weighted by Gasteiger charge is -2.37. The number of halogens is 2. The number of hydrogen-bond acceptors (Lipinski definition) is 1. The van der Waals surface area contributed by atoms with Crippen LogP contribution in [0.1, 0.15) is 33.1 Å². The van der Waals surface area contributed by atoms with E-state index in [1.165, 1.54) is 6.42 Å². The Kier molecular flexibility index (Phi) is 3.87. The summed E-state index contributed by atoms with van der Waals surface area (Å²) < 4.78 is 5.63. The highest BCUT2D eigenvalue weighted by Crippen LogP contribution is 2.36. The Bertz CT molecular complexity index is 149. The largest absolute Gasteiger partial charge is 0.377 e. The Balaban J connectivity index is 2.45. The molecule has 1 aliphatic rings. The van der Waals surface area contributed by atoms with Gasteiger partial charge in [0.25, 0.3) is 0 Å². The number of hydrogen-bond donors (Lipinski definition) is 0. The first-order valence-corrected chi connectivity index (χ1v) is 5.80. The summed E-state index contributed by atoms with van der Waals surface area (Å²) >= 11 is 9.86. The first-order chi connectivity index (χ1) is 5.56. The highest BCUT2D eigenvalue weighted by atomic mass is 79.9. The van der Waals surface area contributed by atoms with E-state index >= 15 is 0 Å². The molecule has 1 saturated heterocycles. The zero-order chi connectivity index (χ0) is 9.19. The second-order valence-corrected chi connectivity index (χ2v) is 5.66. The molecule has 0 saturated carbocycles. The minimum absolute atomic E-state index is 0.127. The van der Waals surface area contributed by atoms with Crippen LogP contribution in [0.5, 0.6) is 0 Å². The van der Waals surface area contributed by atoms with Crippen LogP contribution in [0.25, 0.3) is 0 Å². The average Bonchev–Trinajstić information content (AvgIpc) is 1.97. The lowest BCUT2D eigenvalue weighted by atomic mass is 9.94. The zero-order valence-electron chi connectivity index (χ0n) is 7.65. The Hall–Kier alpha value is 0.730. The van der Waals surface area contributed by atoms with Crippen molar-refractivity contribution in [1.29, 1.82) is 0 Å². The van der Waals surface area contributed by atoms with Gasteiger partial charge in [-0.05, 0) is 19.8 Å². The quantitative estimate of drug-likeness (QED) is 0.688. The lowest BCUT2D eigenvalue weighted by Crippen LogP contribution is -2.43. The van der Waals surface area contributed by atoms with Crippen molar-refractivity contribution in [1.82, 2.24) is 0 Å². The maximum absolute atomic E-state index is 6.33. The van der Waals surface area contributed by atoms with E-state index < -0.39 is 0 Å². The molecular formula is C9H16BrClO. The second kappa shape index (κ2) is 4.30. The fourth-order valence-corrected chi connectivity index (χ4v) is 2.11. The number of alkyl halides is 2. The van der Waals surface area contributed by atoms with Crippen LogP contribution in [0.15, 0.2) is 0 Å². The third kappa shape index (κ3) is 2.61. The monoisotopic (exact) mass is 254 g/mol. The maximum Gasteiger partial charge on any atom is 0.0612 e. The summed E-state index contributed by atoms with van der Waals surface area (Å²) in [6, 6.07) is 0. The smallest absolute Gasteiger partial charge is 0.0612 e. The Morgan fingerprint density at radius 3 is 2.83 bits per heavy atom. The molecule has 0 spiro atoms. The highest BCUT2D eigenvalue weighted by Gasteiger charge is 2.37. The van der Waals surface area contributed by atoms with Crippen LogP contribution in [-0.4, -0.2) is 22.4 Å². The predicted octanol–water partition coefficient (Wildman–Crippen LogP) is 3.34. The fourth-order valence-electron chi connectivity index (χ4n) is 1.53. The second-order valence-electron chi connectivity index (χ2n) is 3.69. The molecule has 72 valence electrons. The molecule has 12 heavy (non-hydrogen) atoms. The normalized spacial score (nSPS) is 43.0. The average molecular weight is 256 g/mol. The fraction of sp³-hybridized carbons (Fsp3) is 1.00. The first kappa shape index (κ1) is 10.8. The van der Waals surface area contributed by atoms with Crippen LogP contribution >= 0.6 is 27.5 Å². The van der Waals surface area contributed by atoms with Gasteiger partial charge in [-0.25, -0.2) is 0 Å². The van der Waals surface area contributed by atoms with Crippen molar-refractivity contribution in [2.45, 2.75) is 48.9 Å². The van der Waals surface area contributed by atoms with E-state index in [0.29, 0.717) is 10.9 Å². The summed E-state index contributed by atoms with van der Waals surface area (Å²) in [5, 5.41) is 0. The van der Waals surface area contributed by atoms with Gasteiger partial charge in [0.2, 0.25) is 0 Å². The molecule has 0 aliphatic carbocycles. The van der Waals surface area contributed by atoms with E-state index in [-0.39, 0.29) is 4.87 Å². The van der Waals surface area contributed by atoms with Crippen molar-refractivity contribution in [2.75, 3.05) is 6.61 Å². The zero-order valence-corrected chi connectivity index (χ0v) is 9.99. The van der Waals surface area contributed by atoms with Gasteiger partial charge in [-0.1, -0.05) is 29.3 Å². The SMILES string of the molecule is CCCC1CC(C)(Cl)C(Br)CO1. The number of ether oxygens (including phenoxy) is 1. The molecule has 1 heterocycles. The summed E-state index contributed by atoms with van der Waals surface area (Å²) in [6.07, 6.45) is 3.62. The maximum atomic E-state index is 6.33. The molecule has 0 aromatic rings. The van der Waals surface area contributed by atoms with Crippen molar-refractivity contribution >= 4 is 27.5 Å². The van der Waals surface area contributed by atoms with E-state index in [2.05, 4.69) is 29.8 Å². The molecule has 0 aromatic carbocycles. The molecule has 3 unspecified atom stereocenters. The molecule has 0 radical (unpaired) electrons. The Morgan fingerprint density at radius 2 is 2.33 bits per heavy atom. The molecule has 0 amide bonds. The standard InChI is InChI=1S/C9H16BrClO/c1-3-4-7-5-9(2,11)8(10)6-12-7/h7-8H,3-6H2,1-2H3. The predicted molar refractivity (Wildman–Crippen MR) is 56.2 cm³/mol. The van der Waals surface area contributed by atoms with Crippen LogP contribution in [0.2, 0.25) is 0 Å². The van der Waals surface area contributed by atoms with Crippen LogP contribution in [0.4, 0.5) is 0 Å². The molecular weight excluding hydrogens is 239 g/mol. The molecule has 1 rings (SSSR count). The van der Waals surface area contributed by atoms with E-state index in [9.17, 15) is 0 Å². The minimum atomic E-state index is -0.127. The molecule has 1 aliphatic heterocycles. The van der Waals surface area contributed by atoms with Gasteiger partial charge >= 0.3 is 0 Å². The third-order valence-electron chi connectivity index (χ3n) is 2.37. The van der Waals surface area contributed by atoms with Gasteiger partial charge in [-0.2, -0.15) is 0 Å². The molecule has 3 heteroatoms. The van der Waals surface area contributed by atoms with Gasteiger partial charge in [0, 0.05) is 0 Å². The summed E-state index contributed by atoms with van der Waals surface area (Å²) in [4.78, 5) is 0.165. The van der Waals surface area contributed by atoms with Crippen LogP contribution in [-0.2, 0) is 4.74 Å². The van der Waals surface area contributed by atoms with E-state index in [4.69, 9.17) is 16.3 Å². The van der Waals surface area contributed by atoms with Crippen LogP contribution < -0.4 is 0 Å². The van der Waals surface area contributed by atoms with Crippen molar-refractivity contribution in [2.24, 2.45) is 0 Å². The van der Waals surface area contributed by atoms with E-state index in [1.807, 2.05) is 0 Å². The minimum Gasteiger partial charge on any atom is -0.377 e. The summed E-state index contributed by atoms with van der Waals surface area (Å²) in [5.41, 5.74) is 0. The van der Waals surface area contributed by atoms with Gasteiger partial charge in [-0.3, -0.25) is 0 Å². The Labute approximate surface area is 87.9 Å². The van der Waals surface area contributed by atoms with E-state index in [1.54, 1.807) is 0 Å². The van der Waals surface area contributed by atoms with Gasteiger partial charge in [0.15, 0.2) is 0 Å². The van der Waals surface area contributed by atoms with Crippen LogP contribution in [0, 0.1) is 0 Å². The van der Waals surface area contributed by atoms with Crippen LogP contribution in [0.3, 0.4) is 0 Å². The topological polar surface area (TPSA) is 9.23 Å². The summed E-state index contributed by atoms with van der Waals surface area (Å²) in [7, 11) is 0. The molecule has 0 N–H and O–H groups in total. The number of rotatable bonds is 2. The van der Waals surface area contributed by atoms with Gasteiger partial charge in [0.1, 0.15) is 0 Å². The molecule has 3 atom stereocenters. The van der Waals surface area contributed by atoms with Gasteiger partial charge in [-0.15, -0.1) is 11.6 Å². The van der Waals surface area contributed by atoms with Crippen molar-refractivity contribution in [3.8, 4) is 0 Å². The van der Waals surface area contributed by atoms with Crippen molar-refractivity contribution in [3.05, 3.63) is 0 Å². The van der Waals surface area contributed by atoms with Crippen molar-refractivity contribution < 1.29 is 4.74 Å². The first-order valence-electron chi connectivity index (χ1n) is 4.51. The highest BCUT2D eigenvalue weighted by molar-refractivity contribution is 9.09. The summed E-state index contributed by atoms with van der Waals surface area (Å²) in [5.74, 6) is 0.